The zero-order valence-electron chi connectivity index (χ0n) is 20.3. The van der Waals surface area contributed by atoms with Crippen LogP contribution in [0.2, 0.25) is 0 Å². The Kier molecular flexibility index (Phi) is 25.5. The van der Waals surface area contributed by atoms with Crippen LogP contribution in [0.15, 0.2) is 36.0 Å². The first-order valence-electron chi connectivity index (χ1n) is 9.19. The smallest absolute Gasteiger partial charge is 2.00 e. The summed E-state index contributed by atoms with van der Waals surface area (Å²) in [6.07, 6.45) is 2.19. The minimum absolute atomic E-state index is 0. The van der Waals surface area contributed by atoms with E-state index in [1.54, 1.807) is 30.3 Å². The van der Waals surface area contributed by atoms with E-state index in [-0.39, 0.29) is 23.6 Å². The molecular formula is C23H20FeN2O12. The maximum atomic E-state index is 12.7. The van der Waals surface area contributed by atoms with E-state index in [0.717, 1.165) is 33.4 Å². The summed E-state index contributed by atoms with van der Waals surface area (Å²) >= 11 is 0. The zero-order valence-corrected chi connectivity index (χ0v) is 21.4. The summed E-state index contributed by atoms with van der Waals surface area (Å²) in [6, 6.07) is 8.58. The molecule has 2 rings (SSSR count). The first kappa shape index (κ1) is 41.2. The molecule has 0 spiro atoms. The van der Waals surface area contributed by atoms with Gasteiger partial charge in [0.15, 0.2) is 5.97 Å². The van der Waals surface area contributed by atoms with Gasteiger partial charge in [0.25, 0.3) is 0 Å². The average molecular weight is 572 g/mol. The molecule has 1 aromatic carbocycles. The molecule has 1 heterocycles. The van der Waals surface area contributed by atoms with Gasteiger partial charge in [0, 0.05) is 12.5 Å². The van der Waals surface area contributed by atoms with Crippen LogP contribution in [0, 0.1) is 32.7 Å². The van der Waals surface area contributed by atoms with Gasteiger partial charge < -0.3 is 34.2 Å². The Hall–Kier alpha value is -3.92. The van der Waals surface area contributed by atoms with Gasteiger partial charge >= 0.3 is 74.2 Å². The van der Waals surface area contributed by atoms with E-state index in [4.69, 9.17) is 28.1 Å². The number of nitrogens with zero attached hydrogens (tertiary/aromatic N) is 2. The van der Waals surface area contributed by atoms with Gasteiger partial charge in [-0.25, -0.2) is 0 Å². The third-order valence-electron chi connectivity index (χ3n) is 4.38. The molecule has 0 bridgehead atoms. The van der Waals surface area contributed by atoms with Crippen LogP contribution in [-0.2, 0) is 73.8 Å². The quantitative estimate of drug-likeness (QED) is 0.0876. The van der Waals surface area contributed by atoms with E-state index in [0.29, 0.717) is 5.56 Å². The minimum Gasteiger partial charge on any atom is 2.00 e. The molecule has 0 amide bonds. The Bertz CT molecular complexity index is 962. The summed E-state index contributed by atoms with van der Waals surface area (Å²) in [5.74, 6) is -4.78. The van der Waals surface area contributed by atoms with Crippen LogP contribution < -0.4 is 0 Å². The maximum absolute atomic E-state index is 12.7. The first-order chi connectivity index (χ1) is 17.8. The molecule has 1 aliphatic rings. The number of hydrogen-bond donors (Lipinski definition) is 0. The fourth-order valence-corrected chi connectivity index (χ4v) is 3.01. The van der Waals surface area contributed by atoms with E-state index in [1.165, 1.54) is 0 Å². The molecule has 0 aromatic heterocycles. The van der Waals surface area contributed by atoms with Gasteiger partial charge in [0.2, 0.25) is 5.97 Å². The number of esters is 4. The summed E-state index contributed by atoms with van der Waals surface area (Å²) in [5, 5.41) is 0.994. The van der Waals surface area contributed by atoms with Crippen LogP contribution in [0.5, 0.6) is 0 Å². The largest absolute Gasteiger partial charge is 2.00 e. The molecule has 0 N–H and O–H groups in total. The summed E-state index contributed by atoms with van der Waals surface area (Å²) in [5.41, 5.74) is 2.15. The molecule has 0 saturated carbocycles. The molecule has 0 aliphatic carbocycles. The van der Waals surface area contributed by atoms with Crippen molar-refractivity contribution in [1.82, 2.24) is 5.01 Å². The van der Waals surface area contributed by atoms with Crippen LogP contribution >= 0.6 is 0 Å². The predicted molar refractivity (Wildman–Crippen MR) is 113 cm³/mol. The van der Waals surface area contributed by atoms with Crippen LogP contribution in [0.25, 0.3) is 5.43 Å². The molecule has 0 radical (unpaired) electrons. The normalized spacial score (nSPS) is 13.9. The van der Waals surface area contributed by atoms with Crippen molar-refractivity contribution in [2.24, 2.45) is 0 Å². The Balaban J connectivity index is -0.000000586. The molecule has 1 fully saturated rings. The second-order valence-electron chi connectivity index (χ2n) is 5.85. The SMILES string of the molecule is COC(=O)[C-]=C(C(=O)OC)N1CC(c2ccccc2)C(C(=O)OC)(C(=O)OC)[N-]1.[C-]#[O+].[C-]#[O+].[C-]#[O+].[C-]#[O+].[Fe+2]. The monoisotopic (exact) mass is 572 g/mol. The molecule has 1 saturated heterocycles. The average Bonchev–Trinajstić information content (AvgIpc) is 3.40. The fraction of sp³-hybridized carbons (Fsp3) is 0.304. The van der Waals surface area contributed by atoms with Crippen LogP contribution in [0.1, 0.15) is 11.5 Å². The topological polar surface area (TPSA) is 202 Å². The zero-order chi connectivity index (χ0) is 29.6. The molecule has 202 valence electrons. The van der Waals surface area contributed by atoms with Gasteiger partial charge in [-0.2, -0.15) is 0 Å². The van der Waals surface area contributed by atoms with Crippen molar-refractivity contribution in [3.05, 3.63) is 79.7 Å². The number of benzene rings is 1. The Morgan fingerprint density at radius 3 is 1.66 bits per heavy atom. The van der Waals surface area contributed by atoms with E-state index in [1.807, 2.05) is 0 Å². The second kappa shape index (κ2) is 23.5. The minimum atomic E-state index is -2.14. The van der Waals surface area contributed by atoms with E-state index in [2.05, 4.69) is 47.6 Å². The number of hydrogen-bond acceptors (Lipinski definition) is 9. The van der Waals surface area contributed by atoms with E-state index in [9.17, 15) is 19.2 Å². The van der Waals surface area contributed by atoms with Crippen molar-refractivity contribution in [1.29, 1.82) is 0 Å². The number of carbonyl (C=O) groups is 4. The van der Waals surface area contributed by atoms with E-state index >= 15 is 0 Å². The van der Waals surface area contributed by atoms with Gasteiger partial charge in [0.1, 0.15) is 0 Å². The Labute approximate surface area is 228 Å². The van der Waals surface area contributed by atoms with E-state index < -0.39 is 41.0 Å². The number of methoxy groups -OCH3 is 4. The third kappa shape index (κ3) is 10.2. The van der Waals surface area contributed by atoms with Crippen LogP contribution in [-0.4, -0.2) is 69.4 Å². The molecule has 38 heavy (non-hydrogen) atoms. The Morgan fingerprint density at radius 1 is 0.842 bits per heavy atom. The van der Waals surface area contributed by atoms with Crippen molar-refractivity contribution in [3.8, 4) is 0 Å². The van der Waals surface area contributed by atoms with Crippen molar-refractivity contribution < 1.29 is 73.8 Å². The van der Waals surface area contributed by atoms with Crippen molar-refractivity contribution in [2.45, 2.75) is 11.5 Å². The van der Waals surface area contributed by atoms with Gasteiger partial charge in [-0.15, -0.1) is 6.08 Å². The second-order valence-corrected chi connectivity index (χ2v) is 5.85. The predicted octanol–water partition coefficient (Wildman–Crippen LogP) is 0.340. The molecular weight excluding hydrogens is 552 g/mol. The Morgan fingerprint density at radius 2 is 1.29 bits per heavy atom. The van der Waals surface area contributed by atoms with Gasteiger partial charge in [-0.1, -0.05) is 36.0 Å². The molecule has 1 atom stereocenters. The van der Waals surface area contributed by atoms with Crippen LogP contribution in [0.4, 0.5) is 0 Å². The molecule has 1 unspecified atom stereocenters. The number of rotatable bonds is 6. The van der Waals surface area contributed by atoms with Gasteiger partial charge in [-0.3, -0.25) is 14.4 Å². The molecule has 14 nitrogen and oxygen atoms in total. The summed E-state index contributed by atoms with van der Waals surface area (Å²) in [6.45, 7) is 17.9. The van der Waals surface area contributed by atoms with Crippen molar-refractivity contribution in [2.75, 3.05) is 35.0 Å². The fourth-order valence-electron chi connectivity index (χ4n) is 3.01. The first-order valence-corrected chi connectivity index (χ1v) is 9.19. The third-order valence-corrected chi connectivity index (χ3v) is 4.38. The molecule has 15 heteroatoms. The number of carbonyl (C=O) groups excluding carboxylic acids is 4. The summed E-state index contributed by atoms with van der Waals surface area (Å²) in [7, 11) is 4.40. The summed E-state index contributed by atoms with van der Waals surface area (Å²) in [4.78, 5) is 49.3. The summed E-state index contributed by atoms with van der Waals surface area (Å²) < 4.78 is 48.8. The van der Waals surface area contributed by atoms with Crippen molar-refractivity contribution in [3.63, 3.8) is 0 Å². The molecule has 1 aromatic rings. The standard InChI is InChI=1S/C19H20N2O8.4CO.Fe/c1-26-15(22)10-14(16(23)27-2)21-11-13(12-8-6-5-7-9-12)19(20-21,17(24)28-3)18(25)29-4;4*1-2;/h5-9,13H,11H2,1-4H3;;;;;/q-2;;;;;+2. The van der Waals surface area contributed by atoms with Crippen molar-refractivity contribution >= 4 is 23.9 Å². The van der Waals surface area contributed by atoms with Crippen LogP contribution in [0.3, 0.4) is 0 Å². The van der Waals surface area contributed by atoms with Gasteiger partial charge in [-0.05, 0) is 5.56 Å². The number of ether oxygens (including phenoxy) is 4. The molecule has 1 aliphatic heterocycles. The maximum Gasteiger partial charge on any atom is 2.00 e. The van der Waals surface area contributed by atoms with Gasteiger partial charge in [0.05, 0.1) is 34.0 Å².